The van der Waals surface area contributed by atoms with Crippen LogP contribution in [0.3, 0.4) is 0 Å². The zero-order valence-corrected chi connectivity index (χ0v) is 16.4. The quantitative estimate of drug-likeness (QED) is 0.657. The van der Waals surface area contributed by atoms with Gasteiger partial charge in [-0.25, -0.2) is 4.98 Å². The normalized spacial score (nSPS) is 15.0. The summed E-state index contributed by atoms with van der Waals surface area (Å²) in [5.41, 5.74) is 4.91. The van der Waals surface area contributed by atoms with Crippen molar-refractivity contribution in [3.8, 4) is 16.9 Å². The van der Waals surface area contributed by atoms with Gasteiger partial charge in [-0.15, -0.1) is 0 Å². The molecular formula is C23H28N4O. The molecule has 5 heteroatoms. The first-order chi connectivity index (χ1) is 13.8. The second kappa shape index (κ2) is 8.93. The summed E-state index contributed by atoms with van der Waals surface area (Å²) in [6.45, 7) is 3.20. The van der Waals surface area contributed by atoms with Crippen LogP contribution in [-0.4, -0.2) is 42.8 Å². The number of piperidine rings is 1. The number of nitrogens with zero attached hydrogens (tertiary/aromatic N) is 2. The number of hydrogen-bond donors (Lipinski definition) is 2. The Morgan fingerprint density at radius 3 is 2.64 bits per heavy atom. The van der Waals surface area contributed by atoms with Crippen molar-refractivity contribution in [2.24, 2.45) is 0 Å². The van der Waals surface area contributed by atoms with Crippen molar-refractivity contribution >= 4 is 5.69 Å². The largest absolute Gasteiger partial charge is 0.497 e. The first-order valence-corrected chi connectivity index (χ1v) is 10.0. The molecule has 1 aliphatic rings. The summed E-state index contributed by atoms with van der Waals surface area (Å²) in [5.74, 6) is 0.892. The standard InChI is InChI=1S/C23H28N4O/c1-28-23-4-2-3-19(15-23)18-5-7-22(8-6-18)27-13-10-20(11-14-27)25-12-9-21-16-24-17-26-21/h2-8,15-17,20,25H,9-14H2,1H3,(H,24,26). The minimum absolute atomic E-state index is 0.607. The van der Waals surface area contributed by atoms with Gasteiger partial charge in [-0.2, -0.15) is 0 Å². The SMILES string of the molecule is COc1cccc(-c2ccc(N3CCC(NCCc4cnc[nH]4)CC3)cc2)c1. The smallest absolute Gasteiger partial charge is 0.119 e. The van der Waals surface area contributed by atoms with E-state index in [0.29, 0.717) is 6.04 Å². The predicted octanol–water partition coefficient (Wildman–Crippen LogP) is 3.89. The van der Waals surface area contributed by atoms with Gasteiger partial charge in [0.05, 0.1) is 13.4 Å². The molecule has 0 bridgehead atoms. The Balaban J connectivity index is 1.28. The van der Waals surface area contributed by atoms with E-state index in [4.69, 9.17) is 4.74 Å². The molecule has 2 N–H and O–H groups in total. The topological polar surface area (TPSA) is 53.2 Å². The molecule has 0 amide bonds. The molecular weight excluding hydrogens is 348 g/mol. The average molecular weight is 377 g/mol. The number of ether oxygens (including phenoxy) is 1. The lowest BCUT2D eigenvalue weighted by Gasteiger charge is -2.34. The molecule has 1 fully saturated rings. The summed E-state index contributed by atoms with van der Waals surface area (Å²) in [6.07, 6.45) is 7.01. The molecule has 4 rings (SSSR count). The summed E-state index contributed by atoms with van der Waals surface area (Å²) in [6, 6.07) is 17.7. The van der Waals surface area contributed by atoms with Crippen molar-refractivity contribution in [2.45, 2.75) is 25.3 Å². The minimum atomic E-state index is 0.607. The Bertz CT molecular complexity index is 853. The van der Waals surface area contributed by atoms with Gasteiger partial charge in [0.25, 0.3) is 0 Å². The van der Waals surface area contributed by atoms with Gasteiger partial charge in [0.1, 0.15) is 5.75 Å². The summed E-state index contributed by atoms with van der Waals surface area (Å²) < 4.78 is 5.34. The Morgan fingerprint density at radius 2 is 1.93 bits per heavy atom. The fraction of sp³-hybridized carbons (Fsp3) is 0.348. The van der Waals surface area contributed by atoms with Gasteiger partial charge < -0.3 is 19.9 Å². The second-order valence-electron chi connectivity index (χ2n) is 7.32. The average Bonchev–Trinajstić information content (AvgIpc) is 3.28. The highest BCUT2D eigenvalue weighted by atomic mass is 16.5. The minimum Gasteiger partial charge on any atom is -0.497 e. The molecule has 0 aliphatic carbocycles. The van der Waals surface area contributed by atoms with Crippen LogP contribution in [0.5, 0.6) is 5.75 Å². The summed E-state index contributed by atoms with van der Waals surface area (Å²) in [7, 11) is 1.71. The first kappa shape index (κ1) is 18.6. The molecule has 0 atom stereocenters. The number of methoxy groups -OCH3 is 1. The highest BCUT2D eigenvalue weighted by molar-refractivity contribution is 5.67. The zero-order chi connectivity index (χ0) is 19.2. The lowest BCUT2D eigenvalue weighted by atomic mass is 10.0. The van der Waals surface area contributed by atoms with Crippen molar-refractivity contribution in [1.82, 2.24) is 15.3 Å². The molecule has 5 nitrogen and oxygen atoms in total. The number of imidazole rings is 1. The highest BCUT2D eigenvalue weighted by Gasteiger charge is 2.19. The molecule has 2 heterocycles. The van der Waals surface area contributed by atoms with Crippen LogP contribution in [0.2, 0.25) is 0 Å². The van der Waals surface area contributed by atoms with Gasteiger partial charge in [0.15, 0.2) is 0 Å². The van der Waals surface area contributed by atoms with Gasteiger partial charge in [0, 0.05) is 49.7 Å². The van der Waals surface area contributed by atoms with Gasteiger partial charge >= 0.3 is 0 Å². The molecule has 0 saturated carbocycles. The molecule has 1 saturated heterocycles. The molecule has 146 valence electrons. The predicted molar refractivity (Wildman–Crippen MR) is 114 cm³/mol. The number of hydrogen-bond acceptors (Lipinski definition) is 4. The third-order valence-electron chi connectivity index (χ3n) is 5.51. The number of anilines is 1. The Labute approximate surface area is 166 Å². The van der Waals surface area contributed by atoms with Crippen molar-refractivity contribution in [3.05, 3.63) is 66.7 Å². The fourth-order valence-corrected chi connectivity index (χ4v) is 3.84. The molecule has 0 spiro atoms. The van der Waals surface area contributed by atoms with Crippen LogP contribution in [0.4, 0.5) is 5.69 Å². The number of H-pyrrole nitrogens is 1. The first-order valence-electron chi connectivity index (χ1n) is 10.0. The molecule has 1 aromatic heterocycles. The molecule has 0 radical (unpaired) electrons. The van der Waals surface area contributed by atoms with Crippen LogP contribution in [-0.2, 0) is 6.42 Å². The summed E-state index contributed by atoms with van der Waals surface area (Å²) >= 11 is 0. The van der Waals surface area contributed by atoms with E-state index in [1.165, 1.54) is 35.3 Å². The maximum absolute atomic E-state index is 5.34. The van der Waals surface area contributed by atoms with Crippen LogP contribution >= 0.6 is 0 Å². The van der Waals surface area contributed by atoms with Crippen molar-refractivity contribution in [2.75, 3.05) is 31.6 Å². The summed E-state index contributed by atoms with van der Waals surface area (Å²) in [5, 5.41) is 3.69. The van der Waals surface area contributed by atoms with E-state index in [2.05, 4.69) is 56.6 Å². The number of rotatable bonds is 7. The lowest BCUT2D eigenvalue weighted by Crippen LogP contribution is -2.43. The van der Waals surface area contributed by atoms with Crippen molar-refractivity contribution in [1.29, 1.82) is 0 Å². The molecule has 0 unspecified atom stereocenters. The van der Waals surface area contributed by atoms with E-state index in [1.54, 1.807) is 13.4 Å². The van der Waals surface area contributed by atoms with Crippen LogP contribution in [0.25, 0.3) is 11.1 Å². The lowest BCUT2D eigenvalue weighted by molar-refractivity contribution is 0.415. The molecule has 2 aromatic carbocycles. The number of aromatic amines is 1. The molecule has 3 aromatic rings. The van der Waals surface area contributed by atoms with Gasteiger partial charge in [0.2, 0.25) is 0 Å². The van der Waals surface area contributed by atoms with Crippen molar-refractivity contribution < 1.29 is 4.74 Å². The van der Waals surface area contributed by atoms with Crippen LogP contribution < -0.4 is 15.0 Å². The van der Waals surface area contributed by atoms with Crippen LogP contribution in [0.15, 0.2) is 61.1 Å². The summed E-state index contributed by atoms with van der Waals surface area (Å²) in [4.78, 5) is 9.72. The molecule has 1 aliphatic heterocycles. The Morgan fingerprint density at radius 1 is 1.11 bits per heavy atom. The van der Waals surface area contributed by atoms with E-state index in [9.17, 15) is 0 Å². The third kappa shape index (κ3) is 4.54. The monoisotopic (exact) mass is 376 g/mol. The van der Waals surface area contributed by atoms with Gasteiger partial charge in [-0.3, -0.25) is 0 Å². The number of benzene rings is 2. The van der Waals surface area contributed by atoms with Crippen LogP contribution in [0.1, 0.15) is 18.5 Å². The van der Waals surface area contributed by atoms with Crippen molar-refractivity contribution in [3.63, 3.8) is 0 Å². The van der Waals surface area contributed by atoms with E-state index in [-0.39, 0.29) is 0 Å². The van der Waals surface area contributed by atoms with Crippen LogP contribution in [0, 0.1) is 0 Å². The Hall–Kier alpha value is -2.79. The van der Waals surface area contributed by atoms with E-state index in [0.717, 1.165) is 31.8 Å². The van der Waals surface area contributed by atoms with E-state index < -0.39 is 0 Å². The number of nitrogens with one attached hydrogen (secondary N) is 2. The fourth-order valence-electron chi connectivity index (χ4n) is 3.84. The maximum Gasteiger partial charge on any atom is 0.119 e. The molecule has 28 heavy (non-hydrogen) atoms. The van der Waals surface area contributed by atoms with Gasteiger partial charge in [-0.05, 0) is 48.2 Å². The Kier molecular flexibility index (Phi) is 5.92. The third-order valence-corrected chi connectivity index (χ3v) is 5.51. The van der Waals surface area contributed by atoms with Gasteiger partial charge in [-0.1, -0.05) is 24.3 Å². The second-order valence-corrected chi connectivity index (χ2v) is 7.32. The van der Waals surface area contributed by atoms with E-state index in [1.807, 2.05) is 18.3 Å². The highest BCUT2D eigenvalue weighted by Crippen LogP contribution is 2.27. The van der Waals surface area contributed by atoms with E-state index >= 15 is 0 Å². The zero-order valence-electron chi connectivity index (χ0n) is 16.4. The number of aromatic nitrogens is 2. The maximum atomic E-state index is 5.34.